The first-order valence-corrected chi connectivity index (χ1v) is 8.60. The first-order valence-electron chi connectivity index (χ1n) is 7.78. The summed E-state index contributed by atoms with van der Waals surface area (Å²) in [7, 11) is 4.09. The number of hydrogen-bond donors (Lipinski definition) is 1. The van der Waals surface area contributed by atoms with E-state index in [1.54, 1.807) is 6.92 Å². The predicted octanol–water partition coefficient (Wildman–Crippen LogP) is 2.45. The van der Waals surface area contributed by atoms with Crippen LogP contribution in [-0.4, -0.2) is 59.2 Å². The van der Waals surface area contributed by atoms with E-state index in [9.17, 15) is 14.3 Å². The molecule has 1 amide bonds. The molecule has 0 saturated carbocycles. The van der Waals surface area contributed by atoms with Crippen molar-refractivity contribution in [2.24, 2.45) is 4.99 Å². The van der Waals surface area contributed by atoms with Gasteiger partial charge in [0.05, 0.1) is 4.91 Å². The van der Waals surface area contributed by atoms with Gasteiger partial charge >= 0.3 is 0 Å². The molecule has 1 saturated heterocycles. The maximum Gasteiger partial charge on any atom is 0.286 e. The molecule has 5 nitrogen and oxygen atoms in total. The van der Waals surface area contributed by atoms with Crippen LogP contribution in [0.15, 0.2) is 22.0 Å². The molecule has 2 aliphatic rings. The normalized spacial score (nSPS) is 22.8. The molecule has 2 aliphatic heterocycles. The molecule has 1 fully saturated rings. The lowest BCUT2D eigenvalue weighted by molar-refractivity contribution is -0.113. The standard InChI is InChI=1S/C17H20FN3O2S/c1-10-6-12(18)7-11(15(10)22)8-14-16(23)19-17(24-14)21-5-4-13(9-21)20(2)3/h6-8,13,22H,4-5,9H2,1-3H3/b14-8-/t13-/m0/s1. The molecule has 0 aromatic heterocycles. The van der Waals surface area contributed by atoms with E-state index >= 15 is 0 Å². The first-order chi connectivity index (χ1) is 11.3. The van der Waals surface area contributed by atoms with Crippen molar-refractivity contribution >= 4 is 28.9 Å². The highest BCUT2D eigenvalue weighted by Gasteiger charge is 2.32. The molecule has 1 N–H and O–H groups in total. The summed E-state index contributed by atoms with van der Waals surface area (Å²) >= 11 is 1.28. The summed E-state index contributed by atoms with van der Waals surface area (Å²) in [5.41, 5.74) is 0.735. The molecule has 7 heteroatoms. The molecule has 0 aliphatic carbocycles. The second-order valence-corrected chi connectivity index (χ2v) is 7.33. The topological polar surface area (TPSA) is 56.1 Å². The zero-order valence-corrected chi connectivity index (χ0v) is 14.7. The number of thioether (sulfide) groups is 1. The average Bonchev–Trinajstić information content (AvgIpc) is 3.12. The Labute approximate surface area is 144 Å². The molecular weight excluding hydrogens is 329 g/mol. The van der Waals surface area contributed by atoms with Crippen molar-refractivity contribution in [2.45, 2.75) is 19.4 Å². The number of nitrogens with zero attached hydrogens (tertiary/aromatic N) is 3. The first kappa shape index (κ1) is 17.0. The molecule has 2 heterocycles. The SMILES string of the molecule is Cc1cc(F)cc(/C=C2\SC(N3CC[C@H](N(C)C)C3)=NC2=O)c1O. The maximum atomic E-state index is 13.5. The van der Waals surface area contributed by atoms with E-state index in [2.05, 4.69) is 14.8 Å². The van der Waals surface area contributed by atoms with E-state index in [-0.39, 0.29) is 11.7 Å². The van der Waals surface area contributed by atoms with Crippen LogP contribution in [0, 0.1) is 12.7 Å². The van der Waals surface area contributed by atoms with Gasteiger partial charge in [-0.25, -0.2) is 4.39 Å². The lowest BCUT2D eigenvalue weighted by atomic mass is 10.1. The number of hydrogen-bond acceptors (Lipinski definition) is 5. The molecule has 128 valence electrons. The Morgan fingerprint density at radius 1 is 1.46 bits per heavy atom. The zero-order chi connectivity index (χ0) is 17.4. The van der Waals surface area contributed by atoms with Crippen LogP contribution >= 0.6 is 11.8 Å². The lowest BCUT2D eigenvalue weighted by Gasteiger charge is -2.20. The molecule has 0 radical (unpaired) electrons. The third kappa shape index (κ3) is 3.32. The molecule has 1 atom stereocenters. The van der Waals surface area contributed by atoms with Crippen molar-refractivity contribution < 1.29 is 14.3 Å². The summed E-state index contributed by atoms with van der Waals surface area (Å²) < 4.78 is 13.5. The Morgan fingerprint density at radius 3 is 2.88 bits per heavy atom. The smallest absolute Gasteiger partial charge is 0.286 e. The molecule has 0 spiro atoms. The van der Waals surface area contributed by atoms with Crippen molar-refractivity contribution in [3.8, 4) is 5.75 Å². The van der Waals surface area contributed by atoms with Crippen molar-refractivity contribution in [3.63, 3.8) is 0 Å². The Balaban J connectivity index is 1.78. The van der Waals surface area contributed by atoms with Crippen LogP contribution in [0.3, 0.4) is 0 Å². The Morgan fingerprint density at radius 2 is 2.21 bits per heavy atom. The maximum absolute atomic E-state index is 13.5. The number of phenolic OH excluding ortho intramolecular Hbond substituents is 1. The van der Waals surface area contributed by atoms with Gasteiger partial charge in [-0.2, -0.15) is 4.99 Å². The molecule has 1 aromatic carbocycles. The number of likely N-dealkylation sites (N-methyl/N-ethyl adjacent to an activating group) is 1. The third-order valence-electron chi connectivity index (χ3n) is 4.35. The monoisotopic (exact) mass is 349 g/mol. The van der Waals surface area contributed by atoms with Crippen LogP contribution in [-0.2, 0) is 4.79 Å². The molecule has 3 rings (SSSR count). The van der Waals surface area contributed by atoms with Crippen LogP contribution in [0.2, 0.25) is 0 Å². The number of amides is 1. The number of carbonyl (C=O) groups is 1. The summed E-state index contributed by atoms with van der Waals surface area (Å²) in [6.07, 6.45) is 2.54. The highest BCUT2D eigenvalue weighted by atomic mass is 32.2. The molecule has 24 heavy (non-hydrogen) atoms. The number of rotatable bonds is 2. The van der Waals surface area contributed by atoms with Crippen molar-refractivity contribution in [3.05, 3.63) is 34.0 Å². The number of phenols is 1. The van der Waals surface area contributed by atoms with Gasteiger partial charge in [0.1, 0.15) is 11.6 Å². The van der Waals surface area contributed by atoms with Gasteiger partial charge in [0.2, 0.25) is 0 Å². The number of benzene rings is 1. The number of aliphatic imine (C=N–C) groups is 1. The average molecular weight is 349 g/mol. The molecular formula is C17H20FN3O2S. The third-order valence-corrected chi connectivity index (χ3v) is 5.40. The van der Waals surface area contributed by atoms with Gasteiger partial charge in [-0.05, 0) is 63.0 Å². The van der Waals surface area contributed by atoms with E-state index in [1.165, 1.54) is 30.0 Å². The van der Waals surface area contributed by atoms with E-state index in [4.69, 9.17) is 0 Å². The molecule has 1 aromatic rings. The van der Waals surface area contributed by atoms with Crippen LogP contribution in [0.4, 0.5) is 4.39 Å². The zero-order valence-electron chi connectivity index (χ0n) is 13.9. The largest absolute Gasteiger partial charge is 0.507 e. The Bertz CT molecular complexity index is 746. The van der Waals surface area contributed by atoms with Crippen molar-refractivity contribution in [1.82, 2.24) is 9.80 Å². The van der Waals surface area contributed by atoms with Gasteiger partial charge in [0.25, 0.3) is 5.91 Å². The second-order valence-electron chi connectivity index (χ2n) is 6.32. The number of aryl methyl sites for hydroxylation is 1. The Hall–Kier alpha value is -1.86. The molecule has 0 unspecified atom stereocenters. The van der Waals surface area contributed by atoms with Crippen LogP contribution in [0.25, 0.3) is 6.08 Å². The van der Waals surface area contributed by atoms with E-state index in [0.29, 0.717) is 27.2 Å². The van der Waals surface area contributed by atoms with Crippen LogP contribution < -0.4 is 0 Å². The van der Waals surface area contributed by atoms with E-state index < -0.39 is 5.82 Å². The number of amidine groups is 1. The predicted molar refractivity (Wildman–Crippen MR) is 94.5 cm³/mol. The number of likely N-dealkylation sites (tertiary alicyclic amines) is 1. The van der Waals surface area contributed by atoms with Gasteiger partial charge in [-0.3, -0.25) is 4.79 Å². The number of aromatic hydroxyl groups is 1. The number of carbonyl (C=O) groups excluding carboxylic acids is 1. The highest BCUT2D eigenvalue weighted by molar-refractivity contribution is 8.18. The summed E-state index contributed by atoms with van der Waals surface area (Å²) in [6.45, 7) is 3.32. The Kier molecular flexibility index (Phi) is 4.64. The van der Waals surface area contributed by atoms with Gasteiger partial charge < -0.3 is 14.9 Å². The fourth-order valence-corrected chi connectivity index (χ4v) is 3.82. The minimum absolute atomic E-state index is 0.0143. The summed E-state index contributed by atoms with van der Waals surface area (Å²) in [5.74, 6) is -0.800. The van der Waals surface area contributed by atoms with Gasteiger partial charge in [-0.1, -0.05) is 0 Å². The highest BCUT2D eigenvalue weighted by Crippen LogP contribution is 2.34. The quantitative estimate of drug-likeness (QED) is 0.831. The second kappa shape index (κ2) is 6.57. The summed E-state index contributed by atoms with van der Waals surface area (Å²) in [4.78, 5) is 21.0. The number of halogens is 1. The van der Waals surface area contributed by atoms with Crippen LogP contribution in [0.5, 0.6) is 5.75 Å². The van der Waals surface area contributed by atoms with Gasteiger partial charge in [-0.15, -0.1) is 0 Å². The fraction of sp³-hybridized carbons (Fsp3) is 0.412. The van der Waals surface area contributed by atoms with Gasteiger partial charge in [0.15, 0.2) is 5.17 Å². The summed E-state index contributed by atoms with van der Waals surface area (Å²) in [5, 5.41) is 10.7. The minimum atomic E-state index is -0.442. The van der Waals surface area contributed by atoms with E-state index in [0.717, 1.165) is 19.5 Å². The van der Waals surface area contributed by atoms with Crippen molar-refractivity contribution in [1.29, 1.82) is 0 Å². The van der Waals surface area contributed by atoms with E-state index in [1.807, 2.05) is 14.1 Å². The fourth-order valence-electron chi connectivity index (χ4n) is 2.88. The summed E-state index contributed by atoms with van der Waals surface area (Å²) in [6, 6.07) is 2.93. The van der Waals surface area contributed by atoms with Gasteiger partial charge in [0, 0.05) is 24.7 Å². The lowest BCUT2D eigenvalue weighted by Crippen LogP contribution is -2.33. The van der Waals surface area contributed by atoms with Crippen LogP contribution in [0.1, 0.15) is 17.5 Å². The van der Waals surface area contributed by atoms with Crippen molar-refractivity contribution in [2.75, 3.05) is 27.2 Å². The molecule has 0 bridgehead atoms. The minimum Gasteiger partial charge on any atom is -0.507 e.